The second kappa shape index (κ2) is 4.00. The SMILES string of the molecule is CC1(O)CCN(CC2(CC(=N)N)CC2)CC1. The molecule has 0 spiro atoms. The molecule has 0 aromatic carbocycles. The number of piperidine rings is 1. The van der Waals surface area contributed by atoms with Crippen molar-refractivity contribution in [1.29, 1.82) is 5.41 Å². The maximum atomic E-state index is 9.87. The van der Waals surface area contributed by atoms with Crippen molar-refractivity contribution in [3.63, 3.8) is 0 Å². The van der Waals surface area contributed by atoms with Gasteiger partial charge in [-0.15, -0.1) is 0 Å². The Morgan fingerprint density at radius 1 is 1.31 bits per heavy atom. The van der Waals surface area contributed by atoms with Gasteiger partial charge in [0.25, 0.3) is 0 Å². The van der Waals surface area contributed by atoms with Gasteiger partial charge in [0.1, 0.15) is 0 Å². The van der Waals surface area contributed by atoms with E-state index < -0.39 is 5.60 Å². The number of rotatable bonds is 4. The number of hydrogen-bond acceptors (Lipinski definition) is 3. The lowest BCUT2D eigenvalue weighted by Gasteiger charge is -2.37. The third-order valence-corrected chi connectivity index (χ3v) is 4.01. The van der Waals surface area contributed by atoms with Crippen molar-refractivity contribution in [2.75, 3.05) is 19.6 Å². The van der Waals surface area contributed by atoms with Crippen molar-refractivity contribution >= 4 is 5.84 Å². The number of amidine groups is 1. The Hall–Kier alpha value is -0.610. The molecule has 1 aliphatic heterocycles. The van der Waals surface area contributed by atoms with Gasteiger partial charge in [-0.05, 0) is 38.0 Å². The van der Waals surface area contributed by atoms with Gasteiger partial charge in [-0.1, -0.05) is 0 Å². The van der Waals surface area contributed by atoms with Crippen LogP contribution in [-0.2, 0) is 0 Å². The molecule has 4 heteroatoms. The van der Waals surface area contributed by atoms with E-state index >= 15 is 0 Å². The van der Waals surface area contributed by atoms with E-state index in [1.165, 1.54) is 12.8 Å². The summed E-state index contributed by atoms with van der Waals surface area (Å²) in [7, 11) is 0. The molecule has 2 rings (SSSR count). The molecule has 1 heterocycles. The highest BCUT2D eigenvalue weighted by atomic mass is 16.3. The van der Waals surface area contributed by atoms with E-state index in [0.29, 0.717) is 11.3 Å². The van der Waals surface area contributed by atoms with Gasteiger partial charge < -0.3 is 15.7 Å². The lowest BCUT2D eigenvalue weighted by molar-refractivity contribution is -0.00966. The highest BCUT2D eigenvalue weighted by Crippen LogP contribution is 2.49. The van der Waals surface area contributed by atoms with Gasteiger partial charge in [-0.25, -0.2) is 0 Å². The highest BCUT2D eigenvalue weighted by molar-refractivity contribution is 5.78. The third kappa shape index (κ3) is 2.95. The Balaban J connectivity index is 1.81. The number of hydrogen-bond donors (Lipinski definition) is 3. The zero-order chi connectivity index (χ0) is 11.8. The quantitative estimate of drug-likeness (QED) is 0.492. The minimum atomic E-state index is -0.464. The lowest BCUT2D eigenvalue weighted by Crippen LogP contribution is -2.44. The molecule has 1 aliphatic carbocycles. The zero-order valence-corrected chi connectivity index (χ0v) is 10.1. The molecule has 0 bridgehead atoms. The fourth-order valence-electron chi connectivity index (χ4n) is 2.64. The van der Waals surface area contributed by atoms with E-state index in [0.717, 1.165) is 38.9 Å². The molecule has 0 aromatic rings. The summed E-state index contributed by atoms with van der Waals surface area (Å²) >= 11 is 0. The number of nitrogens with two attached hydrogens (primary N) is 1. The predicted octanol–water partition coefficient (Wildman–Crippen LogP) is 0.939. The Kier molecular flexibility index (Phi) is 2.97. The van der Waals surface area contributed by atoms with Gasteiger partial charge >= 0.3 is 0 Å². The summed E-state index contributed by atoms with van der Waals surface area (Å²) in [6, 6.07) is 0. The fraction of sp³-hybridized carbons (Fsp3) is 0.917. The van der Waals surface area contributed by atoms with E-state index in [1.54, 1.807) is 0 Å². The molecule has 1 saturated carbocycles. The minimum Gasteiger partial charge on any atom is -0.390 e. The average molecular weight is 225 g/mol. The van der Waals surface area contributed by atoms with Crippen LogP contribution in [0.2, 0.25) is 0 Å². The van der Waals surface area contributed by atoms with Crippen LogP contribution in [0.4, 0.5) is 0 Å². The molecule has 4 nitrogen and oxygen atoms in total. The molecule has 2 aliphatic rings. The molecule has 92 valence electrons. The Bertz CT molecular complexity index is 274. The average Bonchev–Trinajstić information content (AvgIpc) is 2.88. The largest absolute Gasteiger partial charge is 0.390 e. The number of nitrogens with one attached hydrogen (secondary N) is 1. The van der Waals surface area contributed by atoms with E-state index in [-0.39, 0.29) is 0 Å². The maximum Gasteiger partial charge on any atom is 0.0911 e. The Labute approximate surface area is 97.3 Å². The maximum absolute atomic E-state index is 9.87. The summed E-state index contributed by atoms with van der Waals surface area (Å²) in [5, 5.41) is 17.3. The standard InChI is InChI=1S/C12H23N3O/c1-11(16)4-6-15(7-5-11)9-12(2-3-12)8-10(13)14/h16H,2-9H2,1H3,(H3,13,14). The van der Waals surface area contributed by atoms with Gasteiger partial charge in [-0.2, -0.15) is 0 Å². The first-order valence-electron chi connectivity index (χ1n) is 6.19. The van der Waals surface area contributed by atoms with Crippen LogP contribution in [0.1, 0.15) is 39.0 Å². The van der Waals surface area contributed by atoms with Crippen molar-refractivity contribution in [3.05, 3.63) is 0 Å². The molecule has 1 saturated heterocycles. The molecule has 0 amide bonds. The molecule has 2 fully saturated rings. The van der Waals surface area contributed by atoms with E-state index in [2.05, 4.69) is 4.90 Å². The molecular weight excluding hydrogens is 202 g/mol. The predicted molar refractivity (Wildman–Crippen MR) is 64.5 cm³/mol. The van der Waals surface area contributed by atoms with Crippen molar-refractivity contribution < 1.29 is 5.11 Å². The molecule has 0 aromatic heterocycles. The summed E-state index contributed by atoms with van der Waals surface area (Å²) < 4.78 is 0. The summed E-state index contributed by atoms with van der Waals surface area (Å²) in [4.78, 5) is 2.42. The van der Waals surface area contributed by atoms with Crippen LogP contribution < -0.4 is 5.73 Å². The first-order valence-corrected chi connectivity index (χ1v) is 6.19. The molecule has 4 N–H and O–H groups in total. The van der Waals surface area contributed by atoms with E-state index in [4.69, 9.17) is 11.1 Å². The van der Waals surface area contributed by atoms with Gasteiger partial charge in [0, 0.05) is 26.1 Å². The van der Waals surface area contributed by atoms with Crippen LogP contribution in [-0.4, -0.2) is 41.1 Å². The third-order valence-electron chi connectivity index (χ3n) is 4.01. The zero-order valence-electron chi connectivity index (χ0n) is 10.1. The summed E-state index contributed by atoms with van der Waals surface area (Å²) in [5.41, 5.74) is 5.33. The molecule has 0 atom stereocenters. The smallest absolute Gasteiger partial charge is 0.0911 e. The summed E-state index contributed by atoms with van der Waals surface area (Å²) in [6.45, 7) is 4.94. The lowest BCUT2D eigenvalue weighted by atomic mass is 9.92. The van der Waals surface area contributed by atoms with E-state index in [9.17, 15) is 5.11 Å². The van der Waals surface area contributed by atoms with Crippen molar-refractivity contribution in [2.24, 2.45) is 11.1 Å². The Morgan fingerprint density at radius 2 is 1.88 bits per heavy atom. The van der Waals surface area contributed by atoms with Crippen LogP contribution >= 0.6 is 0 Å². The van der Waals surface area contributed by atoms with Gasteiger partial charge in [0.2, 0.25) is 0 Å². The molecular formula is C12H23N3O. The fourth-order valence-corrected chi connectivity index (χ4v) is 2.64. The monoisotopic (exact) mass is 225 g/mol. The Morgan fingerprint density at radius 3 is 2.31 bits per heavy atom. The number of aliphatic hydroxyl groups is 1. The second-order valence-electron chi connectivity index (χ2n) is 5.98. The normalized spacial score (nSPS) is 27.6. The topological polar surface area (TPSA) is 73.3 Å². The molecule has 0 unspecified atom stereocenters. The van der Waals surface area contributed by atoms with Crippen LogP contribution in [0.15, 0.2) is 0 Å². The summed E-state index contributed by atoms with van der Waals surface area (Å²) in [5.74, 6) is 0.321. The van der Waals surface area contributed by atoms with Gasteiger partial charge in [0.05, 0.1) is 11.4 Å². The second-order valence-corrected chi connectivity index (χ2v) is 5.98. The summed E-state index contributed by atoms with van der Waals surface area (Å²) in [6.07, 6.45) is 4.89. The van der Waals surface area contributed by atoms with Crippen molar-refractivity contribution in [3.8, 4) is 0 Å². The van der Waals surface area contributed by atoms with Crippen LogP contribution in [0.25, 0.3) is 0 Å². The van der Waals surface area contributed by atoms with Gasteiger partial charge in [0.15, 0.2) is 0 Å². The van der Waals surface area contributed by atoms with E-state index in [1.807, 2.05) is 6.92 Å². The highest BCUT2D eigenvalue weighted by Gasteiger charge is 2.44. The van der Waals surface area contributed by atoms with Crippen molar-refractivity contribution in [1.82, 2.24) is 4.90 Å². The number of likely N-dealkylation sites (tertiary alicyclic amines) is 1. The van der Waals surface area contributed by atoms with Crippen LogP contribution in [0.5, 0.6) is 0 Å². The molecule has 16 heavy (non-hydrogen) atoms. The van der Waals surface area contributed by atoms with Crippen molar-refractivity contribution in [2.45, 2.75) is 44.6 Å². The first-order chi connectivity index (χ1) is 7.41. The number of nitrogens with zero attached hydrogens (tertiary/aromatic N) is 1. The van der Waals surface area contributed by atoms with Crippen LogP contribution in [0.3, 0.4) is 0 Å². The van der Waals surface area contributed by atoms with Crippen LogP contribution in [0, 0.1) is 10.8 Å². The first kappa shape index (κ1) is 11.9. The van der Waals surface area contributed by atoms with Gasteiger partial charge in [-0.3, -0.25) is 5.41 Å². The minimum absolute atomic E-state index is 0.301. The molecule has 0 radical (unpaired) electrons.